The number of rotatable bonds is 2. The van der Waals surface area contributed by atoms with E-state index in [9.17, 15) is 0 Å². The van der Waals surface area contributed by atoms with E-state index in [0.717, 1.165) is 0 Å². The van der Waals surface area contributed by atoms with Crippen LogP contribution in [0.25, 0.3) is 0 Å². The zero-order valence-corrected chi connectivity index (χ0v) is 8.49. The Morgan fingerprint density at radius 2 is 1.75 bits per heavy atom. The van der Waals surface area contributed by atoms with Crippen LogP contribution in [0.1, 0.15) is 27.7 Å². The van der Waals surface area contributed by atoms with Gasteiger partial charge in [-0.3, -0.25) is 4.99 Å². The number of nitrogens with zero attached hydrogens (tertiary/aromatic N) is 1. The molecule has 0 aliphatic carbocycles. The predicted octanol–water partition coefficient (Wildman–Crippen LogP) is 2.92. The lowest BCUT2D eigenvalue weighted by Gasteiger charge is -2.29. The molecule has 0 amide bonds. The van der Waals surface area contributed by atoms with Crippen molar-refractivity contribution >= 4 is 6.21 Å². The summed E-state index contributed by atoms with van der Waals surface area (Å²) in [5, 5.41) is 0. The van der Waals surface area contributed by atoms with Gasteiger partial charge in [-0.1, -0.05) is 33.8 Å². The molecule has 2 unspecified atom stereocenters. The second-order valence-electron chi connectivity index (χ2n) is 4.24. The van der Waals surface area contributed by atoms with Crippen LogP contribution in [0.15, 0.2) is 17.1 Å². The van der Waals surface area contributed by atoms with Gasteiger partial charge in [0.2, 0.25) is 0 Å². The first-order valence-corrected chi connectivity index (χ1v) is 4.83. The van der Waals surface area contributed by atoms with Crippen LogP contribution < -0.4 is 0 Å². The van der Waals surface area contributed by atoms with E-state index in [4.69, 9.17) is 0 Å². The van der Waals surface area contributed by atoms with Gasteiger partial charge in [-0.05, 0) is 17.9 Å². The highest BCUT2D eigenvalue weighted by Gasteiger charge is 2.25. The van der Waals surface area contributed by atoms with Crippen LogP contribution in [-0.2, 0) is 0 Å². The van der Waals surface area contributed by atoms with Gasteiger partial charge >= 0.3 is 0 Å². The highest BCUT2D eigenvalue weighted by molar-refractivity contribution is 5.72. The van der Waals surface area contributed by atoms with E-state index in [0.29, 0.717) is 23.8 Å². The van der Waals surface area contributed by atoms with Crippen LogP contribution in [0.4, 0.5) is 0 Å². The topological polar surface area (TPSA) is 12.4 Å². The van der Waals surface area contributed by atoms with Crippen molar-refractivity contribution < 1.29 is 0 Å². The molecule has 12 heavy (non-hydrogen) atoms. The Morgan fingerprint density at radius 3 is 2.17 bits per heavy atom. The third-order valence-corrected chi connectivity index (χ3v) is 2.52. The molecule has 1 heterocycles. The first-order chi connectivity index (χ1) is 5.63. The van der Waals surface area contributed by atoms with Crippen LogP contribution >= 0.6 is 0 Å². The molecule has 0 aromatic rings. The van der Waals surface area contributed by atoms with Gasteiger partial charge in [0.25, 0.3) is 0 Å². The van der Waals surface area contributed by atoms with Crippen molar-refractivity contribution in [3.8, 4) is 0 Å². The first kappa shape index (κ1) is 9.50. The lowest BCUT2D eigenvalue weighted by atomic mass is 9.82. The van der Waals surface area contributed by atoms with E-state index in [-0.39, 0.29) is 0 Å². The van der Waals surface area contributed by atoms with Gasteiger partial charge in [0.1, 0.15) is 0 Å². The third kappa shape index (κ3) is 1.96. The number of hydrogen-bond donors (Lipinski definition) is 0. The van der Waals surface area contributed by atoms with E-state index in [1.54, 1.807) is 0 Å². The number of aliphatic imine (C=N–C) groups is 1. The van der Waals surface area contributed by atoms with Gasteiger partial charge in [-0.15, -0.1) is 0 Å². The maximum Gasteiger partial charge on any atom is 0.0587 e. The van der Waals surface area contributed by atoms with Crippen LogP contribution in [-0.4, -0.2) is 12.3 Å². The fourth-order valence-corrected chi connectivity index (χ4v) is 1.77. The smallest absolute Gasteiger partial charge is 0.0587 e. The van der Waals surface area contributed by atoms with E-state index < -0.39 is 0 Å². The van der Waals surface area contributed by atoms with Crippen LogP contribution in [0.2, 0.25) is 0 Å². The van der Waals surface area contributed by atoms with Crippen molar-refractivity contribution in [3.05, 3.63) is 12.2 Å². The SMILES string of the molecule is CC(C)C1C=CC=NC1C(C)C. The van der Waals surface area contributed by atoms with Gasteiger partial charge < -0.3 is 0 Å². The molecule has 0 bridgehead atoms. The highest BCUT2D eigenvalue weighted by Crippen LogP contribution is 2.26. The van der Waals surface area contributed by atoms with Crippen LogP contribution in [0.5, 0.6) is 0 Å². The monoisotopic (exact) mass is 165 g/mol. The maximum atomic E-state index is 4.52. The largest absolute Gasteiger partial charge is 0.289 e. The quantitative estimate of drug-likeness (QED) is 0.596. The molecule has 0 radical (unpaired) electrons. The summed E-state index contributed by atoms with van der Waals surface area (Å²) in [5.74, 6) is 1.99. The van der Waals surface area contributed by atoms with E-state index in [1.165, 1.54) is 0 Å². The van der Waals surface area contributed by atoms with Crippen molar-refractivity contribution in [1.29, 1.82) is 0 Å². The molecule has 0 saturated heterocycles. The van der Waals surface area contributed by atoms with Gasteiger partial charge in [-0.25, -0.2) is 0 Å². The summed E-state index contributed by atoms with van der Waals surface area (Å²) in [7, 11) is 0. The lowest BCUT2D eigenvalue weighted by Crippen LogP contribution is -2.28. The summed E-state index contributed by atoms with van der Waals surface area (Å²) in [5.41, 5.74) is 0. The number of dihydropyridines is 1. The Kier molecular flexibility index (Phi) is 3.07. The Labute approximate surface area is 75.6 Å². The molecular formula is C11H19N. The standard InChI is InChI=1S/C11H19N/c1-8(2)10-6-5-7-12-11(10)9(3)4/h5-11H,1-4H3. The first-order valence-electron chi connectivity index (χ1n) is 4.83. The van der Waals surface area contributed by atoms with Crippen LogP contribution in [0.3, 0.4) is 0 Å². The lowest BCUT2D eigenvalue weighted by molar-refractivity contribution is 0.322. The second kappa shape index (κ2) is 3.88. The fraction of sp³-hybridized carbons (Fsp3) is 0.727. The second-order valence-corrected chi connectivity index (χ2v) is 4.24. The molecule has 0 aromatic heterocycles. The van der Waals surface area contributed by atoms with Crippen molar-refractivity contribution in [2.24, 2.45) is 22.7 Å². The van der Waals surface area contributed by atoms with Gasteiger partial charge in [0.05, 0.1) is 6.04 Å². The van der Waals surface area contributed by atoms with Crippen LogP contribution in [0, 0.1) is 17.8 Å². The van der Waals surface area contributed by atoms with Gasteiger partial charge in [-0.2, -0.15) is 0 Å². The average molecular weight is 165 g/mol. The number of allylic oxidation sites excluding steroid dienone is 1. The molecule has 1 aliphatic rings. The Morgan fingerprint density at radius 1 is 1.08 bits per heavy atom. The van der Waals surface area contributed by atoms with Crippen molar-refractivity contribution in [1.82, 2.24) is 0 Å². The summed E-state index contributed by atoms with van der Waals surface area (Å²) >= 11 is 0. The Hall–Kier alpha value is -0.590. The third-order valence-electron chi connectivity index (χ3n) is 2.52. The number of hydrogen-bond acceptors (Lipinski definition) is 1. The average Bonchev–Trinajstić information content (AvgIpc) is 2.04. The minimum Gasteiger partial charge on any atom is -0.289 e. The summed E-state index contributed by atoms with van der Waals surface area (Å²) in [6.07, 6.45) is 6.30. The summed E-state index contributed by atoms with van der Waals surface area (Å²) < 4.78 is 0. The highest BCUT2D eigenvalue weighted by atomic mass is 14.8. The van der Waals surface area contributed by atoms with Crippen molar-refractivity contribution in [3.63, 3.8) is 0 Å². The molecule has 1 nitrogen and oxygen atoms in total. The summed E-state index contributed by atoms with van der Waals surface area (Å²) in [4.78, 5) is 4.52. The van der Waals surface area contributed by atoms with E-state index in [2.05, 4.69) is 44.8 Å². The molecular weight excluding hydrogens is 146 g/mol. The predicted molar refractivity (Wildman–Crippen MR) is 54.6 cm³/mol. The van der Waals surface area contributed by atoms with Gasteiger partial charge in [0.15, 0.2) is 0 Å². The minimum absolute atomic E-state index is 0.495. The zero-order chi connectivity index (χ0) is 9.14. The maximum absolute atomic E-state index is 4.52. The normalized spacial score (nSPS) is 28.8. The van der Waals surface area contributed by atoms with E-state index >= 15 is 0 Å². The van der Waals surface area contributed by atoms with E-state index in [1.807, 2.05) is 6.21 Å². The molecule has 0 saturated carbocycles. The fourth-order valence-electron chi connectivity index (χ4n) is 1.77. The van der Waals surface area contributed by atoms with Gasteiger partial charge in [0, 0.05) is 12.1 Å². The summed E-state index contributed by atoms with van der Waals surface area (Å²) in [6.45, 7) is 9.03. The Bertz CT molecular complexity index is 167. The Balaban J connectivity index is 2.71. The molecule has 0 spiro atoms. The van der Waals surface area contributed by atoms with Crippen molar-refractivity contribution in [2.75, 3.05) is 0 Å². The molecule has 1 heteroatoms. The summed E-state index contributed by atoms with van der Waals surface area (Å²) in [6, 6.07) is 0.495. The molecule has 2 atom stereocenters. The van der Waals surface area contributed by atoms with Crippen molar-refractivity contribution in [2.45, 2.75) is 33.7 Å². The molecule has 68 valence electrons. The molecule has 1 rings (SSSR count). The molecule has 0 aromatic carbocycles. The molecule has 0 N–H and O–H groups in total. The molecule has 1 aliphatic heterocycles. The zero-order valence-electron chi connectivity index (χ0n) is 8.49. The molecule has 0 fully saturated rings. The minimum atomic E-state index is 0.495.